The molecule has 1 aliphatic rings. The van der Waals surface area contributed by atoms with Crippen LogP contribution in [0.3, 0.4) is 0 Å². The second kappa shape index (κ2) is 7.57. The SMILES string of the molecule is N#Cc1ccc(S(=O)(=O)N2CCCCC(c3ccc(Cl)cc3)C2)cc1. The quantitative estimate of drug-likeness (QED) is 0.810. The average Bonchev–Trinajstić information content (AvgIpc) is 2.89. The molecule has 0 N–H and O–H groups in total. The van der Waals surface area contributed by atoms with Gasteiger partial charge in [-0.3, -0.25) is 0 Å². The maximum absolute atomic E-state index is 13.0. The van der Waals surface area contributed by atoms with Gasteiger partial charge in [-0.1, -0.05) is 30.2 Å². The Morgan fingerprint density at radius 2 is 1.72 bits per heavy atom. The van der Waals surface area contributed by atoms with Gasteiger partial charge in [0.25, 0.3) is 0 Å². The van der Waals surface area contributed by atoms with E-state index in [0.29, 0.717) is 23.7 Å². The number of hydrogen-bond acceptors (Lipinski definition) is 3. The van der Waals surface area contributed by atoms with E-state index < -0.39 is 10.0 Å². The summed E-state index contributed by atoms with van der Waals surface area (Å²) in [6, 6.07) is 15.8. The van der Waals surface area contributed by atoms with E-state index in [9.17, 15) is 8.42 Å². The van der Waals surface area contributed by atoms with Crippen LogP contribution >= 0.6 is 11.6 Å². The summed E-state index contributed by atoms with van der Waals surface area (Å²) >= 11 is 5.96. The molecule has 130 valence electrons. The first kappa shape index (κ1) is 17.9. The fourth-order valence-electron chi connectivity index (χ4n) is 3.18. The van der Waals surface area contributed by atoms with Gasteiger partial charge in [0.1, 0.15) is 0 Å². The first-order valence-corrected chi connectivity index (χ1v) is 10.1. The third-order valence-electron chi connectivity index (χ3n) is 4.60. The largest absolute Gasteiger partial charge is 0.243 e. The number of sulfonamides is 1. The topological polar surface area (TPSA) is 61.2 Å². The lowest BCUT2D eigenvalue weighted by atomic mass is 9.95. The first-order valence-electron chi connectivity index (χ1n) is 8.26. The molecule has 0 bridgehead atoms. The predicted molar refractivity (Wildman–Crippen MR) is 98.0 cm³/mol. The maximum Gasteiger partial charge on any atom is 0.243 e. The van der Waals surface area contributed by atoms with Gasteiger partial charge in [-0.05, 0) is 60.7 Å². The van der Waals surface area contributed by atoms with Crippen LogP contribution < -0.4 is 0 Å². The van der Waals surface area contributed by atoms with Crippen molar-refractivity contribution in [1.29, 1.82) is 5.26 Å². The molecule has 1 saturated heterocycles. The fourth-order valence-corrected chi connectivity index (χ4v) is 4.83. The Balaban J connectivity index is 1.86. The first-order chi connectivity index (χ1) is 12.0. The molecule has 2 aromatic rings. The van der Waals surface area contributed by atoms with Crippen LogP contribution in [0.25, 0.3) is 0 Å². The van der Waals surface area contributed by atoms with Crippen molar-refractivity contribution in [3.8, 4) is 6.07 Å². The number of halogens is 1. The van der Waals surface area contributed by atoms with Crippen LogP contribution in [-0.2, 0) is 10.0 Å². The summed E-state index contributed by atoms with van der Waals surface area (Å²) in [6.07, 6.45) is 2.80. The van der Waals surface area contributed by atoms with Crippen molar-refractivity contribution in [1.82, 2.24) is 4.31 Å². The molecule has 1 atom stereocenters. The van der Waals surface area contributed by atoms with Gasteiger partial charge in [0.05, 0.1) is 16.5 Å². The van der Waals surface area contributed by atoms with Crippen molar-refractivity contribution >= 4 is 21.6 Å². The van der Waals surface area contributed by atoms with Crippen LogP contribution in [0.15, 0.2) is 53.4 Å². The van der Waals surface area contributed by atoms with E-state index in [-0.39, 0.29) is 10.8 Å². The highest BCUT2D eigenvalue weighted by Gasteiger charge is 2.29. The number of rotatable bonds is 3. The van der Waals surface area contributed by atoms with Gasteiger partial charge in [-0.15, -0.1) is 0 Å². The molecule has 0 radical (unpaired) electrons. The third kappa shape index (κ3) is 4.04. The lowest BCUT2D eigenvalue weighted by Crippen LogP contribution is -2.34. The number of nitrogens with zero attached hydrogens (tertiary/aromatic N) is 2. The zero-order valence-electron chi connectivity index (χ0n) is 13.7. The Bertz CT molecular complexity index is 871. The average molecular weight is 375 g/mol. The van der Waals surface area contributed by atoms with E-state index in [4.69, 9.17) is 16.9 Å². The Kier molecular flexibility index (Phi) is 5.43. The van der Waals surface area contributed by atoms with Gasteiger partial charge in [0.2, 0.25) is 10.0 Å². The van der Waals surface area contributed by atoms with Crippen LogP contribution in [-0.4, -0.2) is 25.8 Å². The van der Waals surface area contributed by atoms with E-state index in [0.717, 1.165) is 24.8 Å². The molecule has 1 fully saturated rings. The molecule has 1 heterocycles. The van der Waals surface area contributed by atoms with Crippen LogP contribution in [0, 0.1) is 11.3 Å². The summed E-state index contributed by atoms with van der Waals surface area (Å²) < 4.78 is 27.6. The molecule has 0 amide bonds. The number of nitriles is 1. The summed E-state index contributed by atoms with van der Waals surface area (Å²) in [4.78, 5) is 0.239. The van der Waals surface area contributed by atoms with E-state index in [1.165, 1.54) is 12.1 Å². The van der Waals surface area contributed by atoms with E-state index in [2.05, 4.69) is 0 Å². The van der Waals surface area contributed by atoms with Crippen LogP contribution in [0.1, 0.15) is 36.3 Å². The minimum atomic E-state index is -3.56. The lowest BCUT2D eigenvalue weighted by Gasteiger charge is -2.24. The van der Waals surface area contributed by atoms with Crippen molar-refractivity contribution in [2.45, 2.75) is 30.1 Å². The van der Waals surface area contributed by atoms with Crippen molar-refractivity contribution in [3.63, 3.8) is 0 Å². The number of benzene rings is 2. The Morgan fingerprint density at radius 1 is 1.04 bits per heavy atom. The molecule has 3 rings (SSSR count). The maximum atomic E-state index is 13.0. The molecular formula is C19H19ClN2O2S. The molecule has 0 spiro atoms. The second-order valence-corrected chi connectivity index (χ2v) is 8.62. The molecule has 1 aliphatic heterocycles. The van der Waals surface area contributed by atoms with Gasteiger partial charge < -0.3 is 0 Å². The summed E-state index contributed by atoms with van der Waals surface area (Å²) in [5.41, 5.74) is 1.57. The van der Waals surface area contributed by atoms with E-state index in [1.807, 2.05) is 30.3 Å². The minimum Gasteiger partial charge on any atom is -0.207 e. The Labute approximate surface area is 153 Å². The highest BCUT2D eigenvalue weighted by atomic mass is 35.5. The van der Waals surface area contributed by atoms with Crippen LogP contribution in [0.2, 0.25) is 5.02 Å². The van der Waals surface area contributed by atoms with Crippen LogP contribution in [0.4, 0.5) is 0 Å². The molecule has 0 aliphatic carbocycles. The molecule has 0 saturated carbocycles. The minimum absolute atomic E-state index is 0.160. The zero-order chi connectivity index (χ0) is 17.9. The number of hydrogen-bond donors (Lipinski definition) is 0. The summed E-state index contributed by atoms with van der Waals surface area (Å²) in [5.74, 6) is 0.160. The third-order valence-corrected chi connectivity index (χ3v) is 6.73. The van der Waals surface area contributed by atoms with Gasteiger partial charge in [-0.25, -0.2) is 8.42 Å². The summed E-state index contributed by atoms with van der Waals surface area (Å²) in [5, 5.41) is 9.56. The monoisotopic (exact) mass is 374 g/mol. The predicted octanol–water partition coefficient (Wildman–Crippen LogP) is 4.17. The second-order valence-electron chi connectivity index (χ2n) is 6.24. The highest BCUT2D eigenvalue weighted by Crippen LogP contribution is 2.30. The normalized spacial score (nSPS) is 19.1. The summed E-state index contributed by atoms with van der Waals surface area (Å²) in [6.45, 7) is 0.983. The van der Waals surface area contributed by atoms with E-state index >= 15 is 0 Å². The fraction of sp³-hybridized carbons (Fsp3) is 0.316. The Morgan fingerprint density at radius 3 is 2.36 bits per heavy atom. The molecule has 0 aromatic heterocycles. The highest BCUT2D eigenvalue weighted by molar-refractivity contribution is 7.89. The smallest absolute Gasteiger partial charge is 0.207 e. The zero-order valence-corrected chi connectivity index (χ0v) is 15.3. The van der Waals surface area contributed by atoms with Crippen molar-refractivity contribution in [2.24, 2.45) is 0 Å². The van der Waals surface area contributed by atoms with Crippen molar-refractivity contribution in [2.75, 3.05) is 13.1 Å². The van der Waals surface area contributed by atoms with E-state index in [1.54, 1.807) is 16.4 Å². The van der Waals surface area contributed by atoms with Crippen molar-refractivity contribution in [3.05, 3.63) is 64.7 Å². The molecule has 2 aromatic carbocycles. The van der Waals surface area contributed by atoms with Gasteiger partial charge in [-0.2, -0.15) is 9.57 Å². The van der Waals surface area contributed by atoms with Gasteiger partial charge in [0, 0.05) is 18.1 Å². The molecule has 1 unspecified atom stereocenters. The van der Waals surface area contributed by atoms with Crippen molar-refractivity contribution < 1.29 is 8.42 Å². The van der Waals surface area contributed by atoms with Gasteiger partial charge >= 0.3 is 0 Å². The summed E-state index contributed by atoms with van der Waals surface area (Å²) in [7, 11) is -3.56. The Hall–Kier alpha value is -1.87. The molecule has 6 heteroatoms. The molecule has 4 nitrogen and oxygen atoms in total. The standard InChI is InChI=1S/C19H19ClN2O2S/c20-18-8-6-16(7-9-18)17-3-1-2-12-22(14-17)25(23,24)19-10-4-15(13-21)5-11-19/h4-11,17H,1-3,12,14H2. The lowest BCUT2D eigenvalue weighted by molar-refractivity contribution is 0.406. The van der Waals surface area contributed by atoms with Gasteiger partial charge in [0.15, 0.2) is 0 Å². The molecular weight excluding hydrogens is 356 g/mol. The molecule has 25 heavy (non-hydrogen) atoms. The van der Waals surface area contributed by atoms with Crippen LogP contribution in [0.5, 0.6) is 0 Å².